The summed E-state index contributed by atoms with van der Waals surface area (Å²) in [6.07, 6.45) is 2.96. The van der Waals surface area contributed by atoms with Crippen LogP contribution in [-0.4, -0.2) is 100 Å². The third-order valence-corrected chi connectivity index (χ3v) is 13.8. The first-order valence-corrected chi connectivity index (χ1v) is 32.7. The lowest BCUT2D eigenvalue weighted by atomic mass is 10.1. The van der Waals surface area contributed by atoms with E-state index in [1.807, 2.05) is 149 Å². The Bertz CT molecular complexity index is 4000. The number of carbonyl (C=O) groups excluding carboxylic acids is 10. The summed E-state index contributed by atoms with van der Waals surface area (Å²) in [6.45, 7) is 9.61. The highest BCUT2D eigenvalue weighted by molar-refractivity contribution is 6.06. The molecule has 0 bridgehead atoms. The van der Waals surface area contributed by atoms with Gasteiger partial charge in [0.1, 0.15) is 26.4 Å². The number of hydrogen-bond donors (Lipinski definition) is 0. The fraction of sp³-hybridized carbons (Fsp3) is 0.220. The average molecular weight is 1390 g/mol. The Kier molecular flexibility index (Phi) is 36.3. The van der Waals surface area contributed by atoms with Gasteiger partial charge in [-0.05, 0) is 109 Å². The molecule has 0 saturated carbocycles. The number of benzene rings is 9. The van der Waals surface area contributed by atoms with Crippen LogP contribution in [-0.2, 0) is 73.8 Å². The van der Waals surface area contributed by atoms with Crippen LogP contribution < -0.4 is 0 Å². The number of carbonyl (C=O) groups is 10. The minimum absolute atomic E-state index is 0.146. The molecule has 0 radical (unpaired) electrons. The zero-order valence-electron chi connectivity index (χ0n) is 57.7. The fourth-order valence-electron chi connectivity index (χ4n) is 8.71. The highest BCUT2D eigenvalue weighted by atomic mass is 16.6. The van der Waals surface area contributed by atoms with Gasteiger partial charge in [-0.15, -0.1) is 0 Å². The lowest BCUT2D eigenvalue weighted by Gasteiger charge is -2.10. The molecular weight excluding hydrogens is 1300 g/mol. The van der Waals surface area contributed by atoms with Gasteiger partial charge in [-0.3, -0.25) is 0 Å². The van der Waals surface area contributed by atoms with E-state index in [9.17, 15) is 47.9 Å². The summed E-state index contributed by atoms with van der Waals surface area (Å²) in [7, 11) is 2.55. The SMILES string of the molecule is CCCOC(=O)c1ccccc1C(=O)OC.CCCOC(=O)c1ccccc1C(=O)OCCC.CCCOC(=O)c1ccccc1C(=O)OCc1ccccc1.COC(=O)c1ccccc1C(=O)OCc1ccccc1.O=C(OCc1ccccc1)c1ccccc1C(=O)OCc1ccccc1. The maximum absolute atomic E-state index is 12.4. The molecule has 0 amide bonds. The van der Waals surface area contributed by atoms with Gasteiger partial charge in [0, 0.05) is 0 Å². The molecule has 102 heavy (non-hydrogen) atoms. The maximum atomic E-state index is 12.4. The van der Waals surface area contributed by atoms with E-state index in [1.165, 1.54) is 26.4 Å². The number of esters is 10. The van der Waals surface area contributed by atoms with Gasteiger partial charge in [-0.25, -0.2) is 47.9 Å². The van der Waals surface area contributed by atoms with Gasteiger partial charge in [0.05, 0.1) is 96.3 Å². The van der Waals surface area contributed by atoms with Crippen molar-refractivity contribution in [2.45, 2.75) is 79.8 Å². The molecule has 0 saturated heterocycles. The smallest absolute Gasteiger partial charge is 0.339 e. The third-order valence-electron chi connectivity index (χ3n) is 13.8. The molecule has 20 nitrogen and oxygen atoms in total. The maximum Gasteiger partial charge on any atom is 0.339 e. The zero-order valence-corrected chi connectivity index (χ0v) is 57.7. The quantitative estimate of drug-likeness (QED) is 0.0360. The van der Waals surface area contributed by atoms with Gasteiger partial charge in [0.2, 0.25) is 0 Å². The van der Waals surface area contributed by atoms with E-state index in [0.717, 1.165) is 47.9 Å². The van der Waals surface area contributed by atoms with Gasteiger partial charge in [-0.1, -0.05) is 210 Å². The van der Waals surface area contributed by atoms with Crippen LogP contribution in [0.5, 0.6) is 0 Å². The van der Waals surface area contributed by atoms with Crippen molar-refractivity contribution in [3.63, 3.8) is 0 Å². The fourth-order valence-corrected chi connectivity index (χ4v) is 8.71. The van der Waals surface area contributed by atoms with Crippen molar-refractivity contribution in [3.8, 4) is 0 Å². The van der Waals surface area contributed by atoms with Crippen molar-refractivity contribution in [1.29, 1.82) is 0 Å². The van der Waals surface area contributed by atoms with Crippen molar-refractivity contribution in [3.05, 3.63) is 321 Å². The van der Waals surface area contributed by atoms with Gasteiger partial charge in [0.15, 0.2) is 0 Å². The molecule has 0 aliphatic rings. The van der Waals surface area contributed by atoms with Crippen molar-refractivity contribution < 1.29 is 95.3 Å². The van der Waals surface area contributed by atoms with E-state index in [-0.39, 0.29) is 82.1 Å². The van der Waals surface area contributed by atoms with Crippen LogP contribution in [0, 0.1) is 0 Å². The number of hydrogen-bond acceptors (Lipinski definition) is 20. The van der Waals surface area contributed by atoms with Crippen molar-refractivity contribution in [1.82, 2.24) is 0 Å². The Labute approximate surface area is 593 Å². The van der Waals surface area contributed by atoms with E-state index in [4.69, 9.17) is 37.9 Å². The molecule has 0 spiro atoms. The molecule has 9 rings (SSSR count). The summed E-state index contributed by atoms with van der Waals surface area (Å²) in [5.74, 6) is -5.26. The molecule has 0 fully saturated rings. The second-order valence-corrected chi connectivity index (χ2v) is 21.5. The molecule has 9 aromatic rings. The number of ether oxygens (including phenoxy) is 10. The second kappa shape index (κ2) is 46.0. The zero-order chi connectivity index (χ0) is 73.7. The molecule has 0 aromatic heterocycles. The molecule has 0 aliphatic carbocycles. The van der Waals surface area contributed by atoms with Gasteiger partial charge < -0.3 is 47.4 Å². The molecule has 0 heterocycles. The van der Waals surface area contributed by atoms with Gasteiger partial charge in [0.25, 0.3) is 0 Å². The lowest BCUT2D eigenvalue weighted by molar-refractivity contribution is 0.0425. The predicted molar refractivity (Wildman–Crippen MR) is 379 cm³/mol. The van der Waals surface area contributed by atoms with E-state index in [1.54, 1.807) is 109 Å². The highest BCUT2D eigenvalue weighted by Gasteiger charge is 2.23. The third kappa shape index (κ3) is 27.5. The molecule has 20 heteroatoms. The Morgan fingerprint density at radius 3 is 0.480 bits per heavy atom. The van der Waals surface area contributed by atoms with Crippen LogP contribution >= 0.6 is 0 Å². The first-order chi connectivity index (χ1) is 49.6. The normalized spacial score (nSPS) is 9.94. The molecule has 0 atom stereocenters. The summed E-state index contributed by atoms with van der Waals surface area (Å²) in [6, 6.07) is 69.9. The summed E-state index contributed by atoms with van der Waals surface area (Å²) >= 11 is 0. The van der Waals surface area contributed by atoms with Crippen LogP contribution in [0.1, 0.15) is 179 Å². The first-order valence-electron chi connectivity index (χ1n) is 32.7. The molecule has 0 N–H and O–H groups in total. The highest BCUT2D eigenvalue weighted by Crippen LogP contribution is 2.19. The van der Waals surface area contributed by atoms with Crippen LogP contribution in [0.4, 0.5) is 0 Å². The van der Waals surface area contributed by atoms with E-state index in [0.29, 0.717) is 26.4 Å². The first kappa shape index (κ1) is 80.4. The van der Waals surface area contributed by atoms with Crippen LogP contribution in [0.3, 0.4) is 0 Å². The minimum atomic E-state index is -0.558. The molecule has 530 valence electrons. The monoisotopic (exact) mass is 1390 g/mol. The Morgan fingerprint density at radius 1 is 0.196 bits per heavy atom. The number of rotatable bonds is 26. The minimum Gasteiger partial charge on any atom is -0.465 e. The summed E-state index contributed by atoms with van der Waals surface area (Å²) in [5.41, 5.74) is 5.76. The second-order valence-electron chi connectivity index (χ2n) is 21.5. The molecule has 0 aliphatic heterocycles. The Hall–Kier alpha value is -12.3. The molecule has 0 unspecified atom stereocenters. The van der Waals surface area contributed by atoms with E-state index < -0.39 is 59.7 Å². The summed E-state index contributed by atoms with van der Waals surface area (Å²) < 4.78 is 50.4. The molecule has 9 aromatic carbocycles. The Balaban J connectivity index is 0.000000232. The Morgan fingerprint density at radius 2 is 0.333 bits per heavy atom. The largest absolute Gasteiger partial charge is 0.465 e. The standard InChI is InChI=1S/C22H18O4.C18H18O4.C16H14O4.C14H18O4.C12H14O4/c23-21(25-15-17-9-3-1-4-10-17)19-13-7-8-14-20(19)22(24)26-16-18-11-5-2-6-12-18;1-2-12-21-17(19)15-10-6-7-11-16(15)18(20)22-13-14-8-4-3-5-9-14;1-19-15(17)13-9-5-6-10-14(13)16(18)20-11-12-7-3-2-4-8-12;1-3-9-17-13(15)11-7-5-6-8-12(11)14(16)18-10-4-2;1-3-8-16-12(14)10-7-5-4-6-9(10)11(13)15-2/h1-14H,15-16H2;3-11H,2,12-13H2,1H3;2-10H,11H2,1H3;5-8H,3-4,9-10H2,1-2H3;4-7H,3,8H2,1-2H3. The van der Waals surface area contributed by atoms with Crippen LogP contribution in [0.15, 0.2) is 243 Å². The van der Waals surface area contributed by atoms with Crippen molar-refractivity contribution in [2.75, 3.05) is 40.6 Å². The summed E-state index contributed by atoms with van der Waals surface area (Å²) in [4.78, 5) is 119. The van der Waals surface area contributed by atoms with Crippen LogP contribution in [0.2, 0.25) is 0 Å². The van der Waals surface area contributed by atoms with Crippen LogP contribution in [0.25, 0.3) is 0 Å². The van der Waals surface area contributed by atoms with Crippen molar-refractivity contribution in [2.24, 2.45) is 0 Å². The summed E-state index contributed by atoms with van der Waals surface area (Å²) in [5, 5.41) is 0. The predicted octanol–water partition coefficient (Wildman–Crippen LogP) is 15.7. The van der Waals surface area contributed by atoms with Crippen molar-refractivity contribution >= 4 is 59.7 Å². The molecular formula is C82H82O20. The average Bonchev–Trinajstić information content (AvgIpc) is 0.885. The number of methoxy groups -OCH3 is 2. The van der Waals surface area contributed by atoms with Gasteiger partial charge >= 0.3 is 59.7 Å². The van der Waals surface area contributed by atoms with Gasteiger partial charge in [-0.2, -0.15) is 0 Å². The topological polar surface area (TPSA) is 263 Å². The lowest BCUT2D eigenvalue weighted by Crippen LogP contribution is -2.14. The van der Waals surface area contributed by atoms with E-state index >= 15 is 0 Å². The van der Waals surface area contributed by atoms with E-state index in [2.05, 4.69) is 9.47 Å².